The molecule has 0 aliphatic carbocycles. The largest absolute Gasteiger partial charge is 0.307 e. The smallest absolute Gasteiger partial charge is 0.227 e. The second kappa shape index (κ2) is 14.8. The summed E-state index contributed by atoms with van der Waals surface area (Å²) < 4.78 is 0. The Bertz CT molecular complexity index is 1030. The van der Waals surface area contributed by atoms with Gasteiger partial charge in [0.1, 0.15) is 0 Å². The predicted octanol–water partition coefficient (Wildman–Crippen LogP) is 7.75. The van der Waals surface area contributed by atoms with Gasteiger partial charge in [0, 0.05) is 24.5 Å². The van der Waals surface area contributed by atoms with Crippen molar-refractivity contribution in [1.29, 1.82) is 0 Å². The summed E-state index contributed by atoms with van der Waals surface area (Å²) in [6.45, 7) is 2.78. The van der Waals surface area contributed by atoms with E-state index in [4.69, 9.17) is 0 Å². The van der Waals surface area contributed by atoms with Gasteiger partial charge in [0.25, 0.3) is 0 Å². The van der Waals surface area contributed by atoms with Crippen molar-refractivity contribution in [3.8, 4) is 11.8 Å². The highest BCUT2D eigenvalue weighted by Crippen LogP contribution is 2.19. The number of nitrogens with zero attached hydrogens (tertiary/aromatic N) is 1. The number of rotatable bonds is 12. The van der Waals surface area contributed by atoms with Crippen LogP contribution in [0.1, 0.15) is 75.0 Å². The fourth-order valence-electron chi connectivity index (χ4n) is 3.92. The molecule has 1 amide bonds. The standard InChI is InChI=1S/C32H36NO/c1-2-3-4-5-6-7-8-11-18-29-21-23-30(24-22-29)27-33(31-19-14-10-15-20-31)32(34)26-25-28-16-12-9-13-17-28/h9-10,12-17,19,21-24H,2-8,25-27H2,1H3. The predicted molar refractivity (Wildman–Crippen MR) is 143 cm³/mol. The maximum absolute atomic E-state index is 13.2. The Morgan fingerprint density at radius 1 is 0.824 bits per heavy atom. The van der Waals surface area contributed by atoms with Crippen LogP contribution >= 0.6 is 0 Å². The minimum absolute atomic E-state index is 0.106. The number of benzene rings is 3. The van der Waals surface area contributed by atoms with Crippen LogP contribution in [0.15, 0.2) is 78.9 Å². The van der Waals surface area contributed by atoms with Gasteiger partial charge >= 0.3 is 0 Å². The van der Waals surface area contributed by atoms with Crippen LogP contribution in [0.5, 0.6) is 0 Å². The highest BCUT2D eigenvalue weighted by molar-refractivity contribution is 5.93. The van der Waals surface area contributed by atoms with Crippen molar-refractivity contribution in [1.82, 2.24) is 0 Å². The molecule has 3 rings (SSSR count). The molecule has 0 fully saturated rings. The lowest BCUT2D eigenvalue weighted by atomic mass is 10.1. The molecule has 1 radical (unpaired) electrons. The monoisotopic (exact) mass is 450 g/mol. The van der Waals surface area contributed by atoms with Gasteiger partial charge in [-0.1, -0.05) is 112 Å². The molecule has 0 saturated heterocycles. The maximum Gasteiger partial charge on any atom is 0.227 e. The molecule has 0 bridgehead atoms. The van der Waals surface area contributed by atoms with E-state index in [1.807, 2.05) is 47.4 Å². The summed E-state index contributed by atoms with van der Waals surface area (Å²) in [6.07, 6.45) is 9.92. The van der Waals surface area contributed by atoms with E-state index in [-0.39, 0.29) is 5.91 Å². The molecule has 3 aromatic carbocycles. The summed E-state index contributed by atoms with van der Waals surface area (Å²) in [4.78, 5) is 15.0. The lowest BCUT2D eigenvalue weighted by Crippen LogP contribution is -2.30. The summed E-state index contributed by atoms with van der Waals surface area (Å²) in [5, 5.41) is 0. The van der Waals surface area contributed by atoms with Crippen LogP contribution in [0.2, 0.25) is 0 Å². The lowest BCUT2D eigenvalue weighted by Gasteiger charge is -2.23. The average molecular weight is 451 g/mol. The van der Waals surface area contributed by atoms with E-state index in [0.29, 0.717) is 13.0 Å². The fourth-order valence-corrected chi connectivity index (χ4v) is 3.92. The zero-order valence-electron chi connectivity index (χ0n) is 20.4. The molecule has 0 aliphatic rings. The van der Waals surface area contributed by atoms with E-state index in [1.54, 1.807) is 0 Å². The first-order chi connectivity index (χ1) is 16.8. The number of anilines is 1. The molecule has 0 aromatic heterocycles. The van der Waals surface area contributed by atoms with Crippen LogP contribution in [-0.4, -0.2) is 5.91 Å². The molecule has 0 saturated carbocycles. The summed E-state index contributed by atoms with van der Waals surface area (Å²) in [7, 11) is 0. The zero-order valence-corrected chi connectivity index (χ0v) is 20.4. The highest BCUT2D eigenvalue weighted by atomic mass is 16.2. The van der Waals surface area contributed by atoms with Crippen LogP contribution in [-0.2, 0) is 17.8 Å². The molecule has 0 unspecified atom stereocenters. The fraction of sp³-hybridized carbons (Fsp3) is 0.344. The topological polar surface area (TPSA) is 20.3 Å². The van der Waals surface area contributed by atoms with Gasteiger partial charge in [-0.2, -0.15) is 0 Å². The molecule has 34 heavy (non-hydrogen) atoms. The second-order valence-corrected chi connectivity index (χ2v) is 8.73. The Morgan fingerprint density at radius 3 is 2.29 bits per heavy atom. The van der Waals surface area contributed by atoms with Crippen LogP contribution in [0.3, 0.4) is 0 Å². The molecule has 0 N–H and O–H groups in total. The van der Waals surface area contributed by atoms with Crippen molar-refractivity contribution in [2.75, 3.05) is 4.90 Å². The minimum atomic E-state index is 0.106. The summed E-state index contributed by atoms with van der Waals surface area (Å²) in [5.74, 6) is 6.70. The van der Waals surface area contributed by atoms with E-state index in [0.717, 1.165) is 29.7 Å². The van der Waals surface area contributed by atoms with Gasteiger partial charge in [0.05, 0.1) is 12.2 Å². The molecule has 0 atom stereocenters. The SMILES string of the molecule is CCCCCCCCC#Cc1ccc(CN(C(=O)CCc2ccccc2)c2[c]cccc2)cc1. The van der Waals surface area contributed by atoms with Crippen LogP contribution in [0, 0.1) is 17.9 Å². The van der Waals surface area contributed by atoms with Gasteiger partial charge in [0.2, 0.25) is 5.91 Å². The zero-order chi connectivity index (χ0) is 23.8. The number of para-hydroxylation sites is 1. The van der Waals surface area contributed by atoms with Gasteiger partial charge in [-0.05, 0) is 42.2 Å². The number of carbonyl (C=O) groups is 1. The van der Waals surface area contributed by atoms with Gasteiger partial charge in [-0.15, -0.1) is 0 Å². The first kappa shape index (κ1) is 25.3. The van der Waals surface area contributed by atoms with Gasteiger partial charge in [-0.25, -0.2) is 0 Å². The first-order valence-electron chi connectivity index (χ1n) is 12.6. The Balaban J connectivity index is 1.56. The van der Waals surface area contributed by atoms with Crippen molar-refractivity contribution in [2.45, 2.75) is 71.3 Å². The third-order valence-electron chi connectivity index (χ3n) is 5.94. The Labute approximate surface area is 206 Å². The number of amides is 1. The normalized spacial score (nSPS) is 10.4. The van der Waals surface area contributed by atoms with E-state index in [1.165, 1.54) is 44.1 Å². The third kappa shape index (κ3) is 8.91. The Morgan fingerprint density at radius 2 is 1.56 bits per heavy atom. The second-order valence-electron chi connectivity index (χ2n) is 8.73. The Hall–Kier alpha value is -3.31. The van der Waals surface area contributed by atoms with Crippen LogP contribution in [0.4, 0.5) is 5.69 Å². The third-order valence-corrected chi connectivity index (χ3v) is 5.94. The molecular weight excluding hydrogens is 414 g/mol. The first-order valence-corrected chi connectivity index (χ1v) is 12.6. The molecule has 0 spiro atoms. The molecule has 2 nitrogen and oxygen atoms in total. The van der Waals surface area contributed by atoms with Crippen molar-refractivity contribution in [2.24, 2.45) is 0 Å². The van der Waals surface area contributed by atoms with Crippen molar-refractivity contribution in [3.63, 3.8) is 0 Å². The Kier molecular flexibility index (Phi) is 11.0. The van der Waals surface area contributed by atoms with Crippen molar-refractivity contribution < 1.29 is 4.79 Å². The lowest BCUT2D eigenvalue weighted by molar-refractivity contribution is -0.118. The van der Waals surface area contributed by atoms with Gasteiger partial charge in [0.15, 0.2) is 0 Å². The summed E-state index contributed by atoms with van der Waals surface area (Å²) in [6, 6.07) is 29.3. The van der Waals surface area contributed by atoms with Gasteiger partial charge in [-0.3, -0.25) is 4.79 Å². The van der Waals surface area contributed by atoms with E-state index in [9.17, 15) is 4.79 Å². The highest BCUT2D eigenvalue weighted by Gasteiger charge is 2.16. The number of unbranched alkanes of at least 4 members (excludes halogenated alkanes) is 6. The molecular formula is C32H36NO. The molecule has 3 aromatic rings. The molecule has 2 heteroatoms. The number of aryl methyl sites for hydroxylation is 1. The van der Waals surface area contributed by atoms with Crippen LogP contribution in [0.25, 0.3) is 0 Å². The van der Waals surface area contributed by atoms with Crippen LogP contribution < -0.4 is 4.90 Å². The van der Waals surface area contributed by atoms with E-state index in [2.05, 4.69) is 61.2 Å². The number of carbonyl (C=O) groups excluding carboxylic acids is 1. The van der Waals surface area contributed by atoms with Gasteiger partial charge < -0.3 is 4.90 Å². The quantitative estimate of drug-likeness (QED) is 0.204. The molecule has 0 aliphatic heterocycles. The summed E-state index contributed by atoms with van der Waals surface area (Å²) >= 11 is 0. The number of hydrogen-bond donors (Lipinski definition) is 0. The number of hydrogen-bond acceptors (Lipinski definition) is 1. The minimum Gasteiger partial charge on any atom is -0.307 e. The van der Waals surface area contributed by atoms with E-state index >= 15 is 0 Å². The molecule has 0 heterocycles. The van der Waals surface area contributed by atoms with E-state index < -0.39 is 0 Å². The molecule has 175 valence electrons. The average Bonchev–Trinajstić information content (AvgIpc) is 2.89. The maximum atomic E-state index is 13.2. The summed E-state index contributed by atoms with van der Waals surface area (Å²) in [5.41, 5.74) is 4.11. The van der Waals surface area contributed by atoms with Crippen molar-refractivity contribution >= 4 is 11.6 Å². The van der Waals surface area contributed by atoms with Crippen molar-refractivity contribution in [3.05, 3.63) is 102 Å².